The molecule has 1 aliphatic rings. The Bertz CT molecular complexity index is 888. The molecule has 2 rings (SSSR count). The molecule has 0 saturated heterocycles. The van der Waals surface area contributed by atoms with Gasteiger partial charge in [-0.2, -0.15) is 0 Å². The van der Waals surface area contributed by atoms with Crippen molar-refractivity contribution in [3.05, 3.63) is 47.2 Å². The first kappa shape index (κ1) is 20.5. The molecule has 6 N–H and O–H groups in total. The van der Waals surface area contributed by atoms with Crippen LogP contribution in [0.1, 0.15) is 12.0 Å². The maximum atomic E-state index is 11.4. The van der Waals surface area contributed by atoms with Gasteiger partial charge in [-0.3, -0.25) is 4.99 Å². The quantitative estimate of drug-likeness (QED) is 0.286. The molecule has 1 aromatic rings. The first-order valence-electron chi connectivity index (χ1n) is 8.07. The highest BCUT2D eigenvalue weighted by Gasteiger charge is 2.26. The molecule has 10 heteroatoms. The summed E-state index contributed by atoms with van der Waals surface area (Å²) in [5, 5.41) is 48.6. The van der Waals surface area contributed by atoms with Gasteiger partial charge in [0.15, 0.2) is 17.5 Å². The monoisotopic (exact) mass is 390 g/mol. The lowest BCUT2D eigenvalue weighted by Gasteiger charge is -2.21. The largest absolute Gasteiger partial charge is 0.504 e. The van der Waals surface area contributed by atoms with Crippen LogP contribution in [0.3, 0.4) is 0 Å². The number of rotatable bonds is 7. The average molecular weight is 390 g/mol. The average Bonchev–Trinajstić information content (AvgIpc) is 2.63. The van der Waals surface area contributed by atoms with E-state index in [1.807, 2.05) is 0 Å². The number of phenolic OH excluding ortho intramolecular Hbond substituents is 2. The van der Waals surface area contributed by atoms with Crippen molar-refractivity contribution in [2.75, 3.05) is 0 Å². The molecule has 1 heterocycles. The molecule has 148 valence electrons. The molecule has 0 unspecified atom stereocenters. The first-order chi connectivity index (χ1) is 13.2. The fraction of sp³-hybridized carbons (Fsp3) is 0.222. The molecule has 0 radical (unpaired) electrons. The van der Waals surface area contributed by atoms with Crippen LogP contribution < -0.4 is 5.32 Å². The number of aliphatic carboxylic acids is 3. The summed E-state index contributed by atoms with van der Waals surface area (Å²) in [6, 6.07) is 1.59. The number of hydrogen-bond donors (Lipinski definition) is 6. The van der Waals surface area contributed by atoms with Crippen molar-refractivity contribution in [2.24, 2.45) is 4.99 Å². The molecular weight excluding hydrogens is 372 g/mol. The molecule has 1 aromatic carbocycles. The lowest BCUT2D eigenvalue weighted by atomic mass is 10.00. The molecule has 10 nitrogen and oxygen atoms in total. The number of allylic oxidation sites excluding steroid dienone is 2. The molecule has 28 heavy (non-hydrogen) atoms. The van der Waals surface area contributed by atoms with Crippen LogP contribution in [0.15, 0.2) is 46.6 Å². The Morgan fingerprint density at radius 3 is 2.46 bits per heavy atom. The molecule has 0 spiro atoms. The van der Waals surface area contributed by atoms with E-state index in [1.54, 1.807) is 0 Å². The first-order valence-corrected chi connectivity index (χ1v) is 8.07. The number of phenols is 2. The molecule has 0 bridgehead atoms. The van der Waals surface area contributed by atoms with Crippen molar-refractivity contribution < 1.29 is 39.9 Å². The normalized spacial score (nSPS) is 19.1. The van der Waals surface area contributed by atoms with Crippen molar-refractivity contribution >= 4 is 24.1 Å². The predicted molar refractivity (Wildman–Crippen MR) is 96.4 cm³/mol. The zero-order valence-corrected chi connectivity index (χ0v) is 14.4. The summed E-state index contributed by atoms with van der Waals surface area (Å²) in [6.45, 7) is 0. The van der Waals surface area contributed by atoms with Gasteiger partial charge >= 0.3 is 17.9 Å². The van der Waals surface area contributed by atoms with Crippen LogP contribution in [0.5, 0.6) is 11.5 Å². The lowest BCUT2D eigenvalue weighted by Crippen LogP contribution is -2.41. The van der Waals surface area contributed by atoms with Crippen molar-refractivity contribution in [1.82, 2.24) is 5.32 Å². The van der Waals surface area contributed by atoms with Gasteiger partial charge in [0.2, 0.25) is 0 Å². The van der Waals surface area contributed by atoms with Gasteiger partial charge < -0.3 is 30.8 Å². The molecule has 0 aromatic heterocycles. The second-order valence-electron chi connectivity index (χ2n) is 6.02. The fourth-order valence-corrected chi connectivity index (χ4v) is 2.51. The summed E-state index contributed by atoms with van der Waals surface area (Å²) >= 11 is 0. The Balaban J connectivity index is 2.18. The van der Waals surface area contributed by atoms with E-state index in [0.29, 0.717) is 11.1 Å². The molecule has 0 amide bonds. The van der Waals surface area contributed by atoms with Crippen LogP contribution in [0.2, 0.25) is 0 Å². The van der Waals surface area contributed by atoms with E-state index in [-0.39, 0.29) is 30.0 Å². The van der Waals surface area contributed by atoms with Gasteiger partial charge in [0, 0.05) is 19.1 Å². The zero-order chi connectivity index (χ0) is 20.8. The minimum absolute atomic E-state index is 0.00169. The third-order valence-electron chi connectivity index (χ3n) is 3.94. The molecule has 0 saturated carbocycles. The predicted octanol–water partition coefficient (Wildman–Crippen LogP) is 0.506. The van der Waals surface area contributed by atoms with Crippen LogP contribution in [-0.2, 0) is 20.8 Å². The third-order valence-corrected chi connectivity index (χ3v) is 3.94. The molecular formula is C18H18N2O8. The van der Waals surface area contributed by atoms with Crippen molar-refractivity contribution in [2.45, 2.75) is 24.9 Å². The Kier molecular flexibility index (Phi) is 6.38. The summed E-state index contributed by atoms with van der Waals surface area (Å²) in [5.74, 6) is -4.47. The Morgan fingerprint density at radius 2 is 1.89 bits per heavy atom. The molecule has 0 aliphatic carbocycles. The molecule has 0 fully saturated rings. The maximum Gasteiger partial charge on any atom is 0.351 e. The Labute approximate surface area is 158 Å². The standard InChI is InChI=1S/C18H18N2O8/c21-14-2-1-9(8-15(14)22)5-11(16(23)24)19-4-3-10-6-12(17(25)26)20-13(7-10)18(27)28/h1-4,6,8,11,13,20-22H,5,7H2,(H,23,24)(H,25,26)(H,27,28)/t11-,13-/m0/s1. The van der Waals surface area contributed by atoms with Crippen molar-refractivity contribution in [1.29, 1.82) is 0 Å². The number of nitrogens with one attached hydrogen (secondary N) is 1. The Hall–Kier alpha value is -3.82. The summed E-state index contributed by atoms with van der Waals surface area (Å²) < 4.78 is 0. The highest BCUT2D eigenvalue weighted by Crippen LogP contribution is 2.25. The van der Waals surface area contributed by atoms with Crippen LogP contribution >= 0.6 is 0 Å². The van der Waals surface area contributed by atoms with E-state index < -0.39 is 30.0 Å². The van der Waals surface area contributed by atoms with Crippen LogP contribution in [-0.4, -0.2) is 61.7 Å². The number of aliphatic imine (C=N–C) groups is 1. The number of aromatic hydroxyl groups is 2. The Morgan fingerprint density at radius 1 is 1.18 bits per heavy atom. The second-order valence-corrected chi connectivity index (χ2v) is 6.02. The van der Waals surface area contributed by atoms with E-state index in [0.717, 1.165) is 0 Å². The van der Waals surface area contributed by atoms with Crippen molar-refractivity contribution in [3.8, 4) is 11.5 Å². The fourth-order valence-electron chi connectivity index (χ4n) is 2.51. The van der Waals surface area contributed by atoms with Crippen LogP contribution in [0.4, 0.5) is 0 Å². The van der Waals surface area contributed by atoms with E-state index in [4.69, 9.17) is 10.2 Å². The van der Waals surface area contributed by atoms with E-state index >= 15 is 0 Å². The summed E-state index contributed by atoms with van der Waals surface area (Å²) in [7, 11) is 0. The number of carbonyl (C=O) groups is 3. The van der Waals surface area contributed by atoms with E-state index in [1.165, 1.54) is 36.6 Å². The summed E-state index contributed by atoms with van der Waals surface area (Å²) in [4.78, 5) is 37.5. The van der Waals surface area contributed by atoms with Gasteiger partial charge in [0.25, 0.3) is 0 Å². The molecule has 1 aliphatic heterocycles. The topological polar surface area (TPSA) is 177 Å². The number of carboxylic acid groups (broad SMARTS) is 3. The van der Waals surface area contributed by atoms with Gasteiger partial charge in [0.1, 0.15) is 11.7 Å². The third kappa shape index (κ3) is 5.34. The minimum Gasteiger partial charge on any atom is -0.504 e. The highest BCUT2D eigenvalue weighted by molar-refractivity contribution is 5.90. The SMILES string of the molecule is O=C(O)C1=CC(=CC=N[C@@H](Cc2ccc(O)c(O)c2)C(=O)O)C[C@@H](C(=O)O)N1. The number of nitrogens with zero attached hydrogens (tertiary/aromatic N) is 1. The highest BCUT2D eigenvalue weighted by atomic mass is 16.4. The van der Waals surface area contributed by atoms with Gasteiger partial charge in [0.05, 0.1) is 0 Å². The summed E-state index contributed by atoms with van der Waals surface area (Å²) in [5.41, 5.74) is 0.514. The zero-order valence-electron chi connectivity index (χ0n) is 14.4. The molecule has 2 atom stereocenters. The summed E-state index contributed by atoms with van der Waals surface area (Å²) in [6.07, 6.45) is 3.72. The van der Waals surface area contributed by atoms with Gasteiger partial charge in [-0.25, -0.2) is 14.4 Å². The smallest absolute Gasteiger partial charge is 0.351 e. The minimum atomic E-state index is -1.32. The lowest BCUT2D eigenvalue weighted by molar-refractivity contribution is -0.140. The van der Waals surface area contributed by atoms with Crippen LogP contribution in [0, 0.1) is 0 Å². The van der Waals surface area contributed by atoms with Gasteiger partial charge in [-0.05, 0) is 35.4 Å². The number of carboxylic acids is 3. The maximum absolute atomic E-state index is 11.4. The van der Waals surface area contributed by atoms with Gasteiger partial charge in [-0.1, -0.05) is 6.07 Å². The van der Waals surface area contributed by atoms with E-state index in [2.05, 4.69) is 10.3 Å². The second kappa shape index (κ2) is 8.71. The number of hydrogen-bond acceptors (Lipinski definition) is 7. The number of benzene rings is 1. The van der Waals surface area contributed by atoms with Crippen LogP contribution in [0.25, 0.3) is 0 Å². The van der Waals surface area contributed by atoms with Gasteiger partial charge in [-0.15, -0.1) is 0 Å². The van der Waals surface area contributed by atoms with Crippen molar-refractivity contribution in [3.63, 3.8) is 0 Å². The van der Waals surface area contributed by atoms with E-state index in [9.17, 15) is 29.7 Å².